The Balaban J connectivity index is 2.28. The number of anilines is 2. The van der Waals surface area contributed by atoms with Crippen LogP contribution in [0.4, 0.5) is 11.6 Å². The van der Waals surface area contributed by atoms with Crippen molar-refractivity contribution < 1.29 is 4.74 Å². The van der Waals surface area contributed by atoms with Gasteiger partial charge in [0.05, 0.1) is 6.61 Å². The Kier molecular flexibility index (Phi) is 4.96. The molecule has 1 aliphatic carbocycles. The van der Waals surface area contributed by atoms with E-state index >= 15 is 0 Å². The van der Waals surface area contributed by atoms with E-state index in [0.717, 1.165) is 37.6 Å². The van der Waals surface area contributed by atoms with Gasteiger partial charge in [-0.25, -0.2) is 9.97 Å². The molecule has 1 aliphatic rings. The number of methoxy groups -OCH3 is 1. The standard InChI is InChI=1S/C14H24N4O/c1-4-5-12-13(15-2)16-10-17-14(12)18(8-9-19-3)11-6-7-11/h10-11H,4-9H2,1-3H3,(H,15,16,17). The lowest BCUT2D eigenvalue weighted by molar-refractivity contribution is 0.204. The fraction of sp³-hybridized carbons (Fsp3) is 0.714. The van der Waals surface area contributed by atoms with E-state index in [-0.39, 0.29) is 0 Å². The Hall–Kier alpha value is -1.36. The second-order valence-corrected chi connectivity index (χ2v) is 4.94. The predicted molar refractivity (Wildman–Crippen MR) is 77.8 cm³/mol. The van der Waals surface area contributed by atoms with Gasteiger partial charge in [-0.1, -0.05) is 13.3 Å². The molecule has 5 nitrogen and oxygen atoms in total. The van der Waals surface area contributed by atoms with Crippen molar-refractivity contribution in [1.29, 1.82) is 0 Å². The zero-order valence-corrected chi connectivity index (χ0v) is 12.1. The summed E-state index contributed by atoms with van der Waals surface area (Å²) in [4.78, 5) is 11.3. The molecule has 1 heterocycles. The summed E-state index contributed by atoms with van der Waals surface area (Å²) in [5.74, 6) is 2.04. The number of nitrogens with zero attached hydrogens (tertiary/aromatic N) is 3. The topological polar surface area (TPSA) is 50.3 Å². The Morgan fingerprint density at radius 1 is 1.42 bits per heavy atom. The van der Waals surface area contributed by atoms with E-state index in [1.165, 1.54) is 18.4 Å². The highest BCUT2D eigenvalue weighted by Gasteiger charge is 2.31. The summed E-state index contributed by atoms with van der Waals surface area (Å²) in [6.45, 7) is 3.83. The van der Waals surface area contributed by atoms with Crippen LogP contribution in [0.1, 0.15) is 31.7 Å². The quantitative estimate of drug-likeness (QED) is 0.779. The Labute approximate surface area is 115 Å². The Morgan fingerprint density at radius 3 is 2.79 bits per heavy atom. The maximum Gasteiger partial charge on any atom is 0.137 e. The van der Waals surface area contributed by atoms with Crippen LogP contribution in [0.3, 0.4) is 0 Å². The van der Waals surface area contributed by atoms with Crippen LogP contribution in [0.25, 0.3) is 0 Å². The molecule has 0 aromatic carbocycles. The third-order valence-corrected chi connectivity index (χ3v) is 3.46. The molecule has 0 atom stereocenters. The maximum atomic E-state index is 5.23. The molecule has 0 amide bonds. The van der Waals surface area contributed by atoms with Crippen molar-refractivity contribution in [3.8, 4) is 0 Å². The second-order valence-electron chi connectivity index (χ2n) is 4.94. The molecule has 1 saturated carbocycles. The third kappa shape index (κ3) is 3.35. The van der Waals surface area contributed by atoms with Gasteiger partial charge in [0, 0.05) is 32.3 Å². The van der Waals surface area contributed by atoms with Gasteiger partial charge in [0.15, 0.2) is 0 Å². The first-order chi connectivity index (χ1) is 9.31. The van der Waals surface area contributed by atoms with Crippen molar-refractivity contribution in [3.63, 3.8) is 0 Å². The van der Waals surface area contributed by atoms with Crippen LogP contribution < -0.4 is 10.2 Å². The van der Waals surface area contributed by atoms with E-state index in [9.17, 15) is 0 Å². The summed E-state index contributed by atoms with van der Waals surface area (Å²) in [6.07, 6.45) is 6.27. The molecule has 1 N–H and O–H groups in total. The molecule has 106 valence electrons. The highest BCUT2D eigenvalue weighted by Crippen LogP contribution is 2.34. The van der Waals surface area contributed by atoms with Crippen LogP contribution in [-0.2, 0) is 11.2 Å². The lowest BCUT2D eigenvalue weighted by Gasteiger charge is -2.26. The van der Waals surface area contributed by atoms with E-state index < -0.39 is 0 Å². The fourth-order valence-electron chi connectivity index (χ4n) is 2.38. The SMILES string of the molecule is CCCc1c(NC)ncnc1N(CCOC)C1CC1. The summed E-state index contributed by atoms with van der Waals surface area (Å²) in [6, 6.07) is 0.630. The highest BCUT2D eigenvalue weighted by atomic mass is 16.5. The summed E-state index contributed by atoms with van der Waals surface area (Å²) in [7, 11) is 3.67. The number of hydrogen-bond acceptors (Lipinski definition) is 5. The van der Waals surface area contributed by atoms with Gasteiger partial charge in [0.25, 0.3) is 0 Å². The minimum absolute atomic E-state index is 0.630. The molecule has 0 radical (unpaired) electrons. The normalized spacial score (nSPS) is 14.5. The number of nitrogens with one attached hydrogen (secondary N) is 1. The summed E-state index contributed by atoms with van der Waals surface area (Å²) in [5.41, 5.74) is 1.23. The smallest absolute Gasteiger partial charge is 0.137 e. The van der Waals surface area contributed by atoms with Crippen LogP contribution in [0.15, 0.2) is 6.33 Å². The molecular weight excluding hydrogens is 240 g/mol. The first-order valence-electron chi connectivity index (χ1n) is 7.09. The van der Waals surface area contributed by atoms with Crippen molar-refractivity contribution in [2.24, 2.45) is 0 Å². The third-order valence-electron chi connectivity index (χ3n) is 3.46. The van der Waals surface area contributed by atoms with E-state index in [0.29, 0.717) is 6.04 Å². The Morgan fingerprint density at radius 2 is 2.21 bits per heavy atom. The average molecular weight is 264 g/mol. The molecule has 19 heavy (non-hydrogen) atoms. The van der Waals surface area contributed by atoms with E-state index in [1.807, 2.05) is 7.05 Å². The predicted octanol–water partition coefficient (Wildman–Crippen LogP) is 2.09. The van der Waals surface area contributed by atoms with Gasteiger partial charge in [-0.15, -0.1) is 0 Å². The lowest BCUT2D eigenvalue weighted by Crippen LogP contribution is -2.31. The fourth-order valence-corrected chi connectivity index (χ4v) is 2.38. The van der Waals surface area contributed by atoms with Crippen LogP contribution in [-0.4, -0.2) is 43.3 Å². The van der Waals surface area contributed by atoms with E-state index in [4.69, 9.17) is 4.74 Å². The zero-order valence-electron chi connectivity index (χ0n) is 12.1. The number of ether oxygens (including phenoxy) is 1. The molecule has 0 unspecified atom stereocenters. The maximum absolute atomic E-state index is 5.23. The zero-order chi connectivity index (χ0) is 13.7. The molecule has 0 bridgehead atoms. The molecule has 0 aliphatic heterocycles. The van der Waals surface area contributed by atoms with Crippen molar-refractivity contribution in [3.05, 3.63) is 11.9 Å². The van der Waals surface area contributed by atoms with Crippen LogP contribution in [0.5, 0.6) is 0 Å². The van der Waals surface area contributed by atoms with Gasteiger partial charge in [0.1, 0.15) is 18.0 Å². The largest absolute Gasteiger partial charge is 0.383 e. The van der Waals surface area contributed by atoms with Crippen LogP contribution in [0.2, 0.25) is 0 Å². The molecule has 0 spiro atoms. The monoisotopic (exact) mass is 264 g/mol. The second kappa shape index (κ2) is 6.70. The highest BCUT2D eigenvalue weighted by molar-refractivity contribution is 5.59. The molecule has 5 heteroatoms. The summed E-state index contributed by atoms with van der Waals surface area (Å²) in [5, 5.41) is 3.18. The van der Waals surface area contributed by atoms with Crippen LogP contribution >= 0.6 is 0 Å². The minimum atomic E-state index is 0.630. The summed E-state index contributed by atoms with van der Waals surface area (Å²) >= 11 is 0. The molecule has 1 aromatic rings. The number of hydrogen-bond donors (Lipinski definition) is 1. The van der Waals surface area contributed by atoms with Crippen molar-refractivity contribution in [2.75, 3.05) is 37.5 Å². The minimum Gasteiger partial charge on any atom is -0.383 e. The summed E-state index contributed by atoms with van der Waals surface area (Å²) < 4.78 is 5.23. The van der Waals surface area contributed by atoms with E-state index in [2.05, 4.69) is 27.1 Å². The van der Waals surface area contributed by atoms with Crippen LogP contribution in [0, 0.1) is 0 Å². The molecule has 1 aromatic heterocycles. The van der Waals surface area contributed by atoms with Gasteiger partial charge in [-0.05, 0) is 19.3 Å². The Bertz CT molecular complexity index is 406. The van der Waals surface area contributed by atoms with Gasteiger partial charge in [-0.3, -0.25) is 0 Å². The van der Waals surface area contributed by atoms with Crippen molar-refractivity contribution in [1.82, 2.24) is 9.97 Å². The molecular formula is C14H24N4O. The van der Waals surface area contributed by atoms with Gasteiger partial charge in [-0.2, -0.15) is 0 Å². The first kappa shape index (κ1) is 14.1. The first-order valence-corrected chi connectivity index (χ1v) is 7.09. The van der Waals surface area contributed by atoms with Crippen molar-refractivity contribution >= 4 is 11.6 Å². The number of rotatable bonds is 8. The molecule has 1 fully saturated rings. The van der Waals surface area contributed by atoms with E-state index in [1.54, 1.807) is 13.4 Å². The van der Waals surface area contributed by atoms with Gasteiger partial charge in [0.2, 0.25) is 0 Å². The number of aromatic nitrogens is 2. The average Bonchev–Trinajstić information content (AvgIpc) is 3.25. The van der Waals surface area contributed by atoms with Gasteiger partial charge >= 0.3 is 0 Å². The lowest BCUT2D eigenvalue weighted by atomic mass is 10.1. The van der Waals surface area contributed by atoms with Crippen molar-refractivity contribution in [2.45, 2.75) is 38.6 Å². The molecule has 2 rings (SSSR count). The van der Waals surface area contributed by atoms with Gasteiger partial charge < -0.3 is 15.0 Å². The molecule has 0 saturated heterocycles.